The molecule has 148 valence electrons. The van der Waals surface area contributed by atoms with Crippen molar-refractivity contribution in [2.24, 2.45) is 5.92 Å². The van der Waals surface area contributed by atoms with E-state index in [1.807, 2.05) is 30.3 Å². The van der Waals surface area contributed by atoms with Gasteiger partial charge in [0.25, 0.3) is 0 Å². The molecule has 0 saturated carbocycles. The third-order valence-electron chi connectivity index (χ3n) is 4.87. The summed E-state index contributed by atoms with van der Waals surface area (Å²) in [6, 6.07) is 12.7. The number of halogens is 2. The Labute approximate surface area is 162 Å². The van der Waals surface area contributed by atoms with E-state index in [1.54, 1.807) is 0 Å². The minimum atomic E-state index is -0.835. The molecule has 2 aromatic carbocycles. The van der Waals surface area contributed by atoms with Crippen LogP contribution in [0.1, 0.15) is 12.0 Å². The zero-order valence-corrected chi connectivity index (χ0v) is 15.4. The molecular formula is C21H22F2N2O3. The number of anilines is 1. The number of hydrogen-bond acceptors (Lipinski definition) is 3. The normalized spacial score (nSPS) is 16.5. The van der Waals surface area contributed by atoms with Crippen LogP contribution in [0.3, 0.4) is 0 Å². The van der Waals surface area contributed by atoms with Gasteiger partial charge in [-0.2, -0.15) is 0 Å². The van der Waals surface area contributed by atoms with Crippen LogP contribution in [0.5, 0.6) is 0 Å². The van der Waals surface area contributed by atoms with E-state index in [4.69, 9.17) is 0 Å². The molecular weight excluding hydrogens is 366 g/mol. The molecule has 1 unspecified atom stereocenters. The van der Waals surface area contributed by atoms with Crippen molar-refractivity contribution in [1.82, 2.24) is 4.90 Å². The van der Waals surface area contributed by atoms with Gasteiger partial charge < -0.3 is 14.9 Å². The highest BCUT2D eigenvalue weighted by Gasteiger charge is 2.38. The van der Waals surface area contributed by atoms with E-state index in [1.165, 1.54) is 15.9 Å². The molecule has 1 fully saturated rings. The summed E-state index contributed by atoms with van der Waals surface area (Å²) in [4.78, 5) is 28.0. The first-order valence-corrected chi connectivity index (χ1v) is 9.18. The Hall–Kier alpha value is -2.80. The zero-order valence-electron chi connectivity index (χ0n) is 15.4. The summed E-state index contributed by atoms with van der Waals surface area (Å²) in [5.74, 6) is -2.81. The van der Waals surface area contributed by atoms with Crippen molar-refractivity contribution in [1.29, 1.82) is 0 Å². The molecule has 0 aliphatic carbocycles. The van der Waals surface area contributed by atoms with Gasteiger partial charge in [0.2, 0.25) is 11.8 Å². The lowest BCUT2D eigenvalue weighted by atomic mass is 10.1. The van der Waals surface area contributed by atoms with Crippen molar-refractivity contribution in [3.8, 4) is 0 Å². The van der Waals surface area contributed by atoms with Crippen LogP contribution in [-0.2, 0) is 16.0 Å². The molecule has 2 amide bonds. The topological polar surface area (TPSA) is 60.9 Å². The zero-order chi connectivity index (χ0) is 20.1. The van der Waals surface area contributed by atoms with Crippen LogP contribution in [0.2, 0.25) is 0 Å². The standard InChI is InChI=1S/C21H22F2N2O3/c22-17-6-7-19(18(23)13-17)25-14-16(12-20(25)27)21(28)24(10-11-26)9-8-15-4-2-1-3-5-15/h1-7,13,16,26H,8-12,14H2. The van der Waals surface area contributed by atoms with Gasteiger partial charge in [0, 0.05) is 32.1 Å². The fraction of sp³-hybridized carbons (Fsp3) is 0.333. The van der Waals surface area contributed by atoms with E-state index in [2.05, 4.69) is 0 Å². The quantitative estimate of drug-likeness (QED) is 0.792. The van der Waals surface area contributed by atoms with Crippen LogP contribution in [0.25, 0.3) is 0 Å². The monoisotopic (exact) mass is 388 g/mol. The minimum Gasteiger partial charge on any atom is -0.395 e. The number of nitrogens with zero attached hydrogens (tertiary/aromatic N) is 2. The first kappa shape index (κ1) is 19.9. The van der Waals surface area contributed by atoms with E-state index >= 15 is 0 Å². The summed E-state index contributed by atoms with van der Waals surface area (Å²) in [7, 11) is 0. The SMILES string of the molecule is O=C(C1CC(=O)N(c2ccc(F)cc2F)C1)N(CCO)CCc1ccccc1. The summed E-state index contributed by atoms with van der Waals surface area (Å²) in [5, 5.41) is 9.31. The molecule has 2 aromatic rings. The first-order valence-electron chi connectivity index (χ1n) is 9.18. The average Bonchev–Trinajstić information content (AvgIpc) is 3.07. The number of rotatable bonds is 7. The maximum atomic E-state index is 14.0. The highest BCUT2D eigenvalue weighted by atomic mass is 19.1. The predicted molar refractivity (Wildman–Crippen MR) is 101 cm³/mol. The number of hydrogen-bond donors (Lipinski definition) is 1. The van der Waals surface area contributed by atoms with Crippen LogP contribution in [0, 0.1) is 17.6 Å². The summed E-state index contributed by atoms with van der Waals surface area (Å²) in [5.41, 5.74) is 1.04. The van der Waals surface area contributed by atoms with Gasteiger partial charge in [-0.1, -0.05) is 30.3 Å². The molecule has 7 heteroatoms. The summed E-state index contributed by atoms with van der Waals surface area (Å²) in [6.07, 6.45) is 0.590. The summed E-state index contributed by atoms with van der Waals surface area (Å²) in [6.45, 7) is 0.436. The second-order valence-corrected chi connectivity index (χ2v) is 6.79. The largest absolute Gasteiger partial charge is 0.395 e. The number of aliphatic hydroxyl groups is 1. The molecule has 5 nitrogen and oxygen atoms in total. The lowest BCUT2D eigenvalue weighted by molar-refractivity contribution is -0.136. The van der Waals surface area contributed by atoms with Gasteiger partial charge in [-0.3, -0.25) is 9.59 Å². The summed E-state index contributed by atoms with van der Waals surface area (Å²) < 4.78 is 27.2. The van der Waals surface area contributed by atoms with Crippen molar-refractivity contribution in [3.63, 3.8) is 0 Å². The molecule has 28 heavy (non-hydrogen) atoms. The number of amides is 2. The third kappa shape index (κ3) is 4.54. The number of carbonyl (C=O) groups is 2. The van der Waals surface area contributed by atoms with Crippen LogP contribution < -0.4 is 4.90 Å². The second-order valence-electron chi connectivity index (χ2n) is 6.79. The van der Waals surface area contributed by atoms with Gasteiger partial charge in [-0.15, -0.1) is 0 Å². The molecule has 1 aliphatic heterocycles. The predicted octanol–water partition coefficient (Wildman–Crippen LogP) is 2.38. The Morgan fingerprint density at radius 1 is 1.14 bits per heavy atom. The Morgan fingerprint density at radius 3 is 2.57 bits per heavy atom. The van der Waals surface area contributed by atoms with E-state index in [0.29, 0.717) is 13.0 Å². The van der Waals surface area contributed by atoms with E-state index in [0.717, 1.165) is 17.7 Å². The molecule has 1 aliphatic rings. The number of carbonyl (C=O) groups excluding carboxylic acids is 2. The van der Waals surface area contributed by atoms with Crippen molar-refractivity contribution < 1.29 is 23.5 Å². The van der Waals surface area contributed by atoms with Crippen LogP contribution in [0.15, 0.2) is 48.5 Å². The van der Waals surface area contributed by atoms with E-state index in [-0.39, 0.29) is 43.6 Å². The summed E-state index contributed by atoms with van der Waals surface area (Å²) >= 11 is 0. The Balaban J connectivity index is 1.68. The Morgan fingerprint density at radius 2 is 1.89 bits per heavy atom. The lowest BCUT2D eigenvalue weighted by Crippen LogP contribution is -2.40. The van der Waals surface area contributed by atoms with E-state index < -0.39 is 17.6 Å². The second kappa shape index (κ2) is 8.93. The van der Waals surface area contributed by atoms with Crippen molar-refractivity contribution >= 4 is 17.5 Å². The van der Waals surface area contributed by atoms with Crippen molar-refractivity contribution in [3.05, 3.63) is 65.7 Å². The molecule has 3 rings (SSSR count). The van der Waals surface area contributed by atoms with E-state index in [9.17, 15) is 23.5 Å². The van der Waals surface area contributed by atoms with Crippen LogP contribution in [0.4, 0.5) is 14.5 Å². The third-order valence-corrected chi connectivity index (χ3v) is 4.87. The Bertz CT molecular complexity index is 845. The molecule has 0 bridgehead atoms. The average molecular weight is 388 g/mol. The molecule has 0 radical (unpaired) electrons. The van der Waals surface area contributed by atoms with Crippen LogP contribution in [-0.4, -0.2) is 48.1 Å². The highest BCUT2D eigenvalue weighted by molar-refractivity contribution is 6.00. The maximum absolute atomic E-state index is 14.0. The lowest BCUT2D eigenvalue weighted by Gasteiger charge is -2.25. The Kier molecular flexibility index (Phi) is 6.36. The molecule has 0 spiro atoms. The molecule has 1 atom stereocenters. The fourth-order valence-electron chi connectivity index (χ4n) is 3.43. The first-order chi connectivity index (χ1) is 13.5. The van der Waals surface area contributed by atoms with Crippen molar-refractivity contribution in [2.45, 2.75) is 12.8 Å². The number of aliphatic hydroxyl groups excluding tert-OH is 1. The molecule has 1 saturated heterocycles. The smallest absolute Gasteiger partial charge is 0.228 e. The van der Waals surface area contributed by atoms with Gasteiger partial charge in [0.05, 0.1) is 18.2 Å². The van der Waals surface area contributed by atoms with Gasteiger partial charge in [0.1, 0.15) is 11.6 Å². The van der Waals surface area contributed by atoms with Gasteiger partial charge in [0.15, 0.2) is 0 Å². The minimum absolute atomic E-state index is 0.0281. The fourth-order valence-corrected chi connectivity index (χ4v) is 3.43. The van der Waals surface area contributed by atoms with Gasteiger partial charge >= 0.3 is 0 Å². The molecule has 1 N–H and O–H groups in total. The van der Waals surface area contributed by atoms with Crippen molar-refractivity contribution in [2.75, 3.05) is 31.1 Å². The highest BCUT2D eigenvalue weighted by Crippen LogP contribution is 2.29. The van der Waals surface area contributed by atoms with Gasteiger partial charge in [-0.05, 0) is 24.1 Å². The maximum Gasteiger partial charge on any atom is 0.228 e. The van der Waals surface area contributed by atoms with Crippen LogP contribution >= 0.6 is 0 Å². The van der Waals surface area contributed by atoms with Gasteiger partial charge in [-0.25, -0.2) is 8.78 Å². The molecule has 0 aromatic heterocycles. The number of benzene rings is 2. The molecule has 1 heterocycles.